The largest absolute Gasteiger partial charge is 0.356 e. The molecule has 0 fully saturated rings. The Hall–Kier alpha value is -3.79. The van der Waals surface area contributed by atoms with Crippen LogP contribution in [0.3, 0.4) is 0 Å². The number of aromatic nitrogens is 1. The number of hydrogen-bond acceptors (Lipinski definition) is 7. The van der Waals surface area contributed by atoms with Gasteiger partial charge in [-0.25, -0.2) is 8.42 Å². The summed E-state index contributed by atoms with van der Waals surface area (Å²) in [5.74, 6) is -2.08. The van der Waals surface area contributed by atoms with Crippen LogP contribution in [-0.2, 0) is 26.0 Å². The summed E-state index contributed by atoms with van der Waals surface area (Å²) in [4.78, 5) is 42.1. The van der Waals surface area contributed by atoms with Crippen LogP contribution < -0.4 is 4.72 Å². The van der Waals surface area contributed by atoms with E-state index < -0.39 is 27.9 Å². The van der Waals surface area contributed by atoms with Crippen LogP contribution in [-0.4, -0.2) is 54.9 Å². The van der Waals surface area contributed by atoms with Crippen molar-refractivity contribution in [2.75, 3.05) is 12.8 Å². The van der Waals surface area contributed by atoms with Gasteiger partial charge in [-0.15, -0.1) is 0 Å². The number of rotatable bonds is 14. The van der Waals surface area contributed by atoms with E-state index in [1.54, 1.807) is 45.3 Å². The molecule has 1 N–H and O–H groups in total. The van der Waals surface area contributed by atoms with E-state index >= 15 is 0 Å². The molecule has 0 aliphatic carbocycles. The van der Waals surface area contributed by atoms with Gasteiger partial charge >= 0.3 is 0 Å². The minimum absolute atomic E-state index is 0.159. The summed E-state index contributed by atoms with van der Waals surface area (Å²) in [6.07, 6.45) is 2.66. The summed E-state index contributed by atoms with van der Waals surface area (Å²) in [5, 5.41) is 3.73. The maximum atomic E-state index is 13.9. The van der Waals surface area contributed by atoms with Crippen LogP contribution >= 0.6 is 0 Å². The fraction of sp³-hybridized carbons (Fsp3) is 0.438. The maximum Gasteiger partial charge on any atom is 0.254 e. The Morgan fingerprint density at radius 3 is 2.19 bits per heavy atom. The molecule has 2 atom stereocenters. The lowest BCUT2D eigenvalue weighted by atomic mass is 9.86. The third-order valence-electron chi connectivity index (χ3n) is 7.32. The molecule has 0 aliphatic rings. The normalized spacial score (nSPS) is 13.0. The monoisotopic (exact) mass is 595 g/mol. The zero-order chi connectivity index (χ0) is 31.0. The van der Waals surface area contributed by atoms with Gasteiger partial charge in [0.15, 0.2) is 11.5 Å². The number of hydrogen-bond donors (Lipinski definition) is 1. The molecule has 3 rings (SSSR count). The van der Waals surface area contributed by atoms with Gasteiger partial charge in [-0.1, -0.05) is 73.8 Å². The number of amides is 2. The predicted molar refractivity (Wildman–Crippen MR) is 162 cm³/mol. The van der Waals surface area contributed by atoms with Gasteiger partial charge in [-0.2, -0.15) is 0 Å². The zero-order valence-corrected chi connectivity index (χ0v) is 26.0. The van der Waals surface area contributed by atoms with Crippen LogP contribution in [0.4, 0.5) is 0 Å². The fourth-order valence-electron chi connectivity index (χ4n) is 4.90. The van der Waals surface area contributed by atoms with Crippen LogP contribution in [0.5, 0.6) is 0 Å². The second-order valence-electron chi connectivity index (χ2n) is 11.2. The molecule has 42 heavy (non-hydrogen) atoms. The van der Waals surface area contributed by atoms with Gasteiger partial charge in [-0.3, -0.25) is 19.1 Å². The second-order valence-corrected chi connectivity index (χ2v) is 13.1. The molecule has 2 aromatic carbocycles. The van der Waals surface area contributed by atoms with Crippen molar-refractivity contribution in [3.63, 3.8) is 0 Å². The molecular weight excluding hydrogens is 554 g/mol. The van der Waals surface area contributed by atoms with E-state index in [2.05, 4.69) is 9.88 Å². The average Bonchev–Trinajstić information content (AvgIpc) is 3.47. The first-order valence-electron chi connectivity index (χ1n) is 14.2. The lowest BCUT2D eigenvalue weighted by molar-refractivity contribution is -0.131. The molecule has 2 unspecified atom stereocenters. The van der Waals surface area contributed by atoms with Crippen LogP contribution in [0, 0.1) is 25.7 Å². The van der Waals surface area contributed by atoms with Gasteiger partial charge in [-0.05, 0) is 50.3 Å². The third-order valence-corrected chi connectivity index (χ3v) is 8.66. The Labute approximate surface area is 248 Å². The standard InChI is InChI=1S/C32H41N3O6S/c1-7-8-15-42(39,40)34-31(37)27(21(2)3)20-29(36)28(35(6)32(38)26-17-22(4)16-23(5)18-26)19-24-9-11-25(12-10-24)30-13-14-33-41-30/h9-14,16-18,21,27-28H,7-8,15,19-20H2,1-6H3,(H,34,37). The number of likely N-dealkylation sites (N-methyl/N-ethyl adjacent to an activating group) is 1. The van der Waals surface area contributed by atoms with Crippen LogP contribution in [0.1, 0.15) is 67.1 Å². The number of nitrogens with one attached hydrogen (secondary N) is 1. The molecule has 2 amide bonds. The number of nitrogens with zero attached hydrogens (tertiary/aromatic N) is 2. The Morgan fingerprint density at radius 2 is 1.64 bits per heavy atom. The Morgan fingerprint density at radius 1 is 1.00 bits per heavy atom. The molecule has 9 nitrogen and oxygen atoms in total. The van der Waals surface area contributed by atoms with Crippen molar-refractivity contribution in [3.8, 4) is 11.3 Å². The fourth-order valence-corrected chi connectivity index (χ4v) is 6.13. The molecule has 226 valence electrons. The molecule has 0 aliphatic heterocycles. The van der Waals surface area contributed by atoms with Gasteiger partial charge in [0, 0.05) is 36.6 Å². The van der Waals surface area contributed by atoms with Crippen molar-refractivity contribution in [2.24, 2.45) is 11.8 Å². The average molecular weight is 596 g/mol. The zero-order valence-electron chi connectivity index (χ0n) is 25.2. The topological polar surface area (TPSA) is 127 Å². The summed E-state index contributed by atoms with van der Waals surface area (Å²) in [7, 11) is -2.22. The Balaban J connectivity index is 1.90. The predicted octanol–water partition coefficient (Wildman–Crippen LogP) is 5.12. The van der Waals surface area contributed by atoms with Crippen molar-refractivity contribution in [1.82, 2.24) is 14.8 Å². The summed E-state index contributed by atoms with van der Waals surface area (Å²) < 4.78 is 32.2. The van der Waals surface area contributed by atoms with E-state index in [4.69, 9.17) is 4.52 Å². The summed E-state index contributed by atoms with van der Waals surface area (Å²) >= 11 is 0. The van der Waals surface area contributed by atoms with E-state index in [1.807, 2.05) is 51.1 Å². The number of carbonyl (C=O) groups excluding carboxylic acids is 3. The number of carbonyl (C=O) groups is 3. The molecule has 0 spiro atoms. The number of aryl methyl sites for hydroxylation is 2. The molecule has 1 aromatic heterocycles. The molecule has 1 heterocycles. The van der Waals surface area contributed by atoms with Gasteiger partial charge in [0.25, 0.3) is 5.91 Å². The summed E-state index contributed by atoms with van der Waals surface area (Å²) in [6.45, 7) is 9.23. The van der Waals surface area contributed by atoms with E-state index in [0.717, 1.165) is 22.3 Å². The first kappa shape index (κ1) is 32.7. The highest BCUT2D eigenvalue weighted by Crippen LogP contribution is 2.24. The van der Waals surface area contributed by atoms with E-state index in [-0.39, 0.29) is 36.2 Å². The lowest BCUT2D eigenvalue weighted by Gasteiger charge is -2.30. The van der Waals surface area contributed by atoms with E-state index in [9.17, 15) is 22.8 Å². The summed E-state index contributed by atoms with van der Waals surface area (Å²) in [5.41, 5.74) is 3.95. The highest BCUT2D eigenvalue weighted by atomic mass is 32.2. The van der Waals surface area contributed by atoms with Gasteiger partial charge in [0.2, 0.25) is 15.9 Å². The molecular formula is C32H41N3O6S. The number of benzene rings is 2. The molecule has 0 radical (unpaired) electrons. The first-order chi connectivity index (χ1) is 19.8. The van der Waals surface area contributed by atoms with Crippen molar-refractivity contribution < 1.29 is 27.3 Å². The molecule has 0 saturated heterocycles. The first-order valence-corrected chi connectivity index (χ1v) is 15.9. The minimum Gasteiger partial charge on any atom is -0.356 e. The van der Waals surface area contributed by atoms with Crippen molar-refractivity contribution in [2.45, 2.75) is 66.3 Å². The number of sulfonamides is 1. The lowest BCUT2D eigenvalue weighted by Crippen LogP contribution is -2.46. The third kappa shape index (κ3) is 8.85. The minimum atomic E-state index is -3.81. The number of Topliss-reactive ketones (excluding diaryl/α,β-unsaturated/α-hetero) is 1. The van der Waals surface area contributed by atoms with Crippen LogP contribution in [0.2, 0.25) is 0 Å². The smallest absolute Gasteiger partial charge is 0.254 e. The SMILES string of the molecule is CCCCS(=O)(=O)NC(=O)C(CC(=O)C(Cc1ccc(-c2ccno2)cc1)N(C)C(=O)c1cc(C)cc(C)c1)C(C)C. The highest BCUT2D eigenvalue weighted by molar-refractivity contribution is 7.90. The number of unbranched alkanes of at least 4 members (excludes halogenated alkanes) is 1. The molecule has 0 saturated carbocycles. The van der Waals surface area contributed by atoms with Gasteiger partial charge in [0.1, 0.15) is 0 Å². The van der Waals surface area contributed by atoms with Crippen molar-refractivity contribution in [3.05, 3.63) is 77.0 Å². The van der Waals surface area contributed by atoms with Crippen molar-refractivity contribution in [1.29, 1.82) is 0 Å². The Kier molecular flexibility index (Phi) is 11.2. The number of ketones is 1. The quantitative estimate of drug-likeness (QED) is 0.274. The second kappa shape index (κ2) is 14.4. The molecule has 0 bridgehead atoms. The Bertz CT molecular complexity index is 1460. The maximum absolute atomic E-state index is 13.9. The van der Waals surface area contributed by atoms with Crippen LogP contribution in [0.15, 0.2) is 59.3 Å². The summed E-state index contributed by atoms with van der Waals surface area (Å²) in [6, 6.07) is 13.8. The van der Waals surface area contributed by atoms with Crippen molar-refractivity contribution >= 4 is 27.6 Å². The van der Waals surface area contributed by atoms with E-state index in [1.165, 1.54) is 4.90 Å². The van der Waals surface area contributed by atoms with E-state index in [0.29, 0.717) is 24.2 Å². The highest BCUT2D eigenvalue weighted by Gasteiger charge is 2.34. The van der Waals surface area contributed by atoms with Crippen LogP contribution in [0.25, 0.3) is 11.3 Å². The molecule has 3 aromatic rings. The van der Waals surface area contributed by atoms with Gasteiger partial charge < -0.3 is 9.42 Å². The van der Waals surface area contributed by atoms with Gasteiger partial charge in [0.05, 0.1) is 18.0 Å². The molecule has 10 heteroatoms.